The predicted molar refractivity (Wildman–Crippen MR) is 74.2 cm³/mol. The molecule has 1 saturated heterocycles. The highest BCUT2D eigenvalue weighted by atomic mass is 32.2. The highest BCUT2D eigenvalue weighted by Gasteiger charge is 2.34. The predicted octanol–water partition coefficient (Wildman–Crippen LogP) is 1.23. The van der Waals surface area contributed by atoms with Crippen LogP contribution >= 0.6 is 0 Å². The Hall–Kier alpha value is -1.05. The molecular weight excluding hydrogens is 281 g/mol. The number of halogens is 1. The van der Waals surface area contributed by atoms with E-state index in [1.807, 2.05) is 6.92 Å². The number of aromatic nitrogens is 1. The van der Waals surface area contributed by atoms with Crippen molar-refractivity contribution in [2.75, 3.05) is 13.1 Å². The fourth-order valence-electron chi connectivity index (χ4n) is 2.39. The number of rotatable bonds is 4. The van der Waals surface area contributed by atoms with E-state index in [1.165, 1.54) is 0 Å². The van der Waals surface area contributed by atoms with Crippen molar-refractivity contribution in [3.05, 3.63) is 24.3 Å². The van der Waals surface area contributed by atoms with E-state index in [-0.39, 0.29) is 16.9 Å². The Balaban J connectivity index is 2.13. The first kappa shape index (κ1) is 15.3. The lowest BCUT2D eigenvalue weighted by Gasteiger charge is -2.20. The second-order valence-corrected chi connectivity index (χ2v) is 7.31. The number of hydrogen-bond donors (Lipinski definition) is 1. The summed E-state index contributed by atoms with van der Waals surface area (Å²) in [5.41, 5.74) is 0. The molecule has 0 aromatic carbocycles. The summed E-state index contributed by atoms with van der Waals surface area (Å²) in [5, 5.41) is 0. The molecule has 20 heavy (non-hydrogen) atoms. The van der Waals surface area contributed by atoms with Gasteiger partial charge in [-0.25, -0.2) is 17.5 Å². The zero-order valence-electron chi connectivity index (χ0n) is 11.9. The first-order valence-corrected chi connectivity index (χ1v) is 8.15. The molecule has 2 atom stereocenters. The lowest BCUT2D eigenvalue weighted by molar-refractivity contribution is 0.265. The van der Waals surface area contributed by atoms with Crippen LogP contribution in [0.15, 0.2) is 23.4 Å². The van der Waals surface area contributed by atoms with Crippen LogP contribution in [0.2, 0.25) is 0 Å². The summed E-state index contributed by atoms with van der Waals surface area (Å²) < 4.78 is 40.2. The largest absolute Gasteiger partial charge is 0.299 e. The van der Waals surface area contributed by atoms with Crippen LogP contribution in [0.5, 0.6) is 0 Å². The third kappa shape index (κ3) is 3.34. The minimum Gasteiger partial charge on any atom is -0.299 e. The van der Waals surface area contributed by atoms with Crippen LogP contribution in [-0.4, -0.2) is 43.5 Å². The van der Waals surface area contributed by atoms with E-state index in [1.54, 1.807) is 0 Å². The van der Waals surface area contributed by atoms with Crippen molar-refractivity contribution >= 4 is 10.0 Å². The highest BCUT2D eigenvalue weighted by molar-refractivity contribution is 7.89. The van der Waals surface area contributed by atoms with Crippen molar-refractivity contribution in [3.8, 4) is 0 Å². The van der Waals surface area contributed by atoms with Crippen molar-refractivity contribution < 1.29 is 12.8 Å². The van der Waals surface area contributed by atoms with E-state index in [4.69, 9.17) is 0 Å². The van der Waals surface area contributed by atoms with E-state index in [0.29, 0.717) is 12.6 Å². The van der Waals surface area contributed by atoms with Gasteiger partial charge in [-0.05, 0) is 25.8 Å². The van der Waals surface area contributed by atoms with Gasteiger partial charge in [0.25, 0.3) is 0 Å². The number of nitrogens with zero attached hydrogens (tertiary/aromatic N) is 2. The number of sulfonamides is 1. The molecule has 0 unspecified atom stereocenters. The molecule has 0 aliphatic carbocycles. The number of pyridine rings is 1. The smallest absolute Gasteiger partial charge is 0.242 e. The van der Waals surface area contributed by atoms with Crippen molar-refractivity contribution in [3.63, 3.8) is 0 Å². The molecule has 2 heterocycles. The molecule has 1 aliphatic rings. The van der Waals surface area contributed by atoms with Crippen molar-refractivity contribution in [2.45, 2.75) is 37.8 Å². The Morgan fingerprint density at radius 2 is 2.10 bits per heavy atom. The maximum Gasteiger partial charge on any atom is 0.242 e. The van der Waals surface area contributed by atoms with Crippen molar-refractivity contribution in [1.29, 1.82) is 0 Å². The van der Waals surface area contributed by atoms with Crippen molar-refractivity contribution in [1.82, 2.24) is 14.6 Å². The van der Waals surface area contributed by atoms with Gasteiger partial charge in [-0.1, -0.05) is 6.92 Å². The van der Waals surface area contributed by atoms with E-state index in [0.717, 1.165) is 25.0 Å². The molecule has 1 aromatic heterocycles. The summed E-state index contributed by atoms with van der Waals surface area (Å²) in [6, 6.07) is 1.20. The molecule has 0 bridgehead atoms. The molecule has 0 saturated carbocycles. The molecule has 0 spiro atoms. The first-order valence-electron chi connectivity index (χ1n) is 6.66. The minimum absolute atomic E-state index is 0.132. The zero-order chi connectivity index (χ0) is 14.9. The summed E-state index contributed by atoms with van der Waals surface area (Å²) in [6.07, 6.45) is 2.14. The van der Waals surface area contributed by atoms with Crippen LogP contribution in [-0.2, 0) is 10.0 Å². The third-order valence-corrected chi connectivity index (χ3v) is 5.12. The Kier molecular flexibility index (Phi) is 4.41. The van der Waals surface area contributed by atoms with Crippen molar-refractivity contribution in [2.24, 2.45) is 5.92 Å². The Labute approximate surface area is 119 Å². The average molecular weight is 301 g/mol. The molecule has 0 radical (unpaired) electrons. The lowest BCUT2D eigenvalue weighted by atomic mass is 10.1. The molecule has 0 amide bonds. The van der Waals surface area contributed by atoms with Crippen LogP contribution in [0, 0.1) is 11.7 Å². The van der Waals surface area contributed by atoms with Crippen LogP contribution in [0.25, 0.3) is 0 Å². The normalized spacial score (nSPS) is 24.4. The van der Waals surface area contributed by atoms with E-state index in [9.17, 15) is 12.8 Å². The first-order chi connectivity index (χ1) is 9.29. The highest BCUT2D eigenvalue weighted by Crippen LogP contribution is 2.20. The van der Waals surface area contributed by atoms with Gasteiger partial charge in [-0.2, -0.15) is 0 Å². The molecular formula is C13H20FN3O2S. The van der Waals surface area contributed by atoms with E-state index < -0.39 is 15.8 Å². The van der Waals surface area contributed by atoms with Gasteiger partial charge in [0.1, 0.15) is 10.7 Å². The molecule has 2 rings (SSSR count). The third-order valence-electron chi connectivity index (χ3n) is 3.67. The standard InChI is InChI=1S/C13H20FN3O2S/c1-9(2)17-7-10(3)13(8-17)16-20(18,19)12-4-11(14)5-15-6-12/h4-6,9-10,13,16H,7-8H2,1-3H3/t10-,13-/m1/s1. The molecule has 1 fully saturated rings. The lowest BCUT2D eigenvalue weighted by Crippen LogP contribution is -2.40. The maximum atomic E-state index is 13.1. The molecule has 1 aromatic rings. The fourth-order valence-corrected chi connectivity index (χ4v) is 3.69. The average Bonchev–Trinajstić information content (AvgIpc) is 2.70. The summed E-state index contributed by atoms with van der Waals surface area (Å²) in [4.78, 5) is 5.67. The van der Waals surface area contributed by atoms with Crippen LogP contribution in [0.3, 0.4) is 0 Å². The zero-order valence-corrected chi connectivity index (χ0v) is 12.7. The summed E-state index contributed by atoms with van der Waals surface area (Å²) in [6.45, 7) is 7.70. The second kappa shape index (κ2) is 5.75. The van der Waals surface area contributed by atoms with Crippen LogP contribution < -0.4 is 4.72 Å². The molecule has 112 valence electrons. The monoisotopic (exact) mass is 301 g/mol. The van der Waals surface area contributed by atoms with Gasteiger partial charge in [-0.3, -0.25) is 9.88 Å². The molecule has 5 nitrogen and oxygen atoms in total. The van der Waals surface area contributed by atoms with Gasteiger partial charge in [0.2, 0.25) is 10.0 Å². The molecule has 1 N–H and O–H groups in total. The van der Waals surface area contributed by atoms with E-state index in [2.05, 4.69) is 28.5 Å². The number of hydrogen-bond acceptors (Lipinski definition) is 4. The van der Waals surface area contributed by atoms with Gasteiger partial charge in [0, 0.05) is 31.4 Å². The Morgan fingerprint density at radius 1 is 1.40 bits per heavy atom. The Morgan fingerprint density at radius 3 is 2.65 bits per heavy atom. The number of nitrogens with one attached hydrogen (secondary N) is 1. The summed E-state index contributed by atoms with van der Waals surface area (Å²) >= 11 is 0. The van der Waals surface area contributed by atoms with Crippen LogP contribution in [0.1, 0.15) is 20.8 Å². The van der Waals surface area contributed by atoms with Gasteiger partial charge in [0.05, 0.1) is 6.20 Å². The van der Waals surface area contributed by atoms with Crippen LogP contribution in [0.4, 0.5) is 4.39 Å². The topological polar surface area (TPSA) is 62.3 Å². The molecule has 1 aliphatic heterocycles. The van der Waals surface area contributed by atoms with Gasteiger partial charge < -0.3 is 0 Å². The Bertz CT molecular complexity index is 577. The van der Waals surface area contributed by atoms with E-state index >= 15 is 0 Å². The number of likely N-dealkylation sites (tertiary alicyclic amines) is 1. The quantitative estimate of drug-likeness (QED) is 0.908. The maximum absolute atomic E-state index is 13.1. The summed E-state index contributed by atoms with van der Waals surface area (Å²) in [5.74, 6) is -0.440. The van der Waals surface area contributed by atoms with Gasteiger partial charge in [0.15, 0.2) is 0 Å². The molecule has 7 heteroatoms. The second-order valence-electron chi connectivity index (χ2n) is 5.59. The van der Waals surface area contributed by atoms with Gasteiger partial charge in [-0.15, -0.1) is 0 Å². The van der Waals surface area contributed by atoms with Gasteiger partial charge >= 0.3 is 0 Å². The fraction of sp³-hybridized carbons (Fsp3) is 0.615. The summed E-state index contributed by atoms with van der Waals surface area (Å²) in [7, 11) is -3.73. The minimum atomic E-state index is -3.73. The SMILES string of the molecule is CC(C)N1C[C@@H](C)[C@H](NS(=O)(=O)c2cncc(F)c2)C1.